The van der Waals surface area contributed by atoms with Gasteiger partial charge in [0.2, 0.25) is 0 Å². The van der Waals surface area contributed by atoms with Crippen molar-refractivity contribution in [2.24, 2.45) is 0 Å². The fraction of sp³-hybridized carbons (Fsp3) is 0.765. The van der Waals surface area contributed by atoms with Crippen molar-refractivity contribution in [3.63, 3.8) is 0 Å². The van der Waals surface area contributed by atoms with Crippen LogP contribution in [0.3, 0.4) is 0 Å². The van der Waals surface area contributed by atoms with Gasteiger partial charge in [-0.05, 0) is 32.1 Å². The van der Waals surface area contributed by atoms with E-state index in [9.17, 15) is 0 Å². The van der Waals surface area contributed by atoms with E-state index in [1.807, 2.05) is 13.8 Å². The lowest BCUT2D eigenvalue weighted by atomic mass is 10.0. The molecule has 0 radical (unpaired) electrons. The number of terminal acetylenes is 1. The first-order chi connectivity index (χ1) is 9.09. The van der Waals surface area contributed by atoms with Gasteiger partial charge in [-0.15, -0.1) is 6.42 Å². The maximum Gasteiger partial charge on any atom is 0.163 e. The van der Waals surface area contributed by atoms with Gasteiger partial charge in [-0.2, -0.15) is 0 Å². The molecule has 106 valence electrons. The summed E-state index contributed by atoms with van der Waals surface area (Å²) in [5.74, 6) is 7.46. The minimum Gasteiger partial charge on any atom is -0.345 e. The van der Waals surface area contributed by atoms with E-state index >= 15 is 0 Å². The second-order valence-electron chi connectivity index (χ2n) is 5.57. The Morgan fingerprint density at radius 2 is 1.74 bits per heavy atom. The van der Waals surface area contributed by atoms with Gasteiger partial charge in [-0.25, -0.2) is 0 Å². The molecule has 0 aromatic rings. The molecule has 0 aromatic carbocycles. The zero-order valence-electron chi connectivity index (χ0n) is 12.5. The summed E-state index contributed by atoms with van der Waals surface area (Å²) in [5.41, 5.74) is 0. The Labute approximate surface area is 118 Å². The smallest absolute Gasteiger partial charge is 0.163 e. The molecule has 0 saturated carbocycles. The largest absolute Gasteiger partial charge is 0.345 e. The number of ether oxygens (including phenoxy) is 2. The van der Waals surface area contributed by atoms with Gasteiger partial charge in [0.25, 0.3) is 0 Å². The van der Waals surface area contributed by atoms with Crippen LogP contribution in [0.2, 0.25) is 0 Å². The van der Waals surface area contributed by atoms with E-state index in [4.69, 9.17) is 15.9 Å². The lowest BCUT2D eigenvalue weighted by Crippen LogP contribution is -2.21. The maximum absolute atomic E-state index is 5.96. The van der Waals surface area contributed by atoms with Gasteiger partial charge < -0.3 is 9.47 Å². The molecule has 0 spiro atoms. The molecule has 19 heavy (non-hydrogen) atoms. The summed E-state index contributed by atoms with van der Waals surface area (Å²) in [4.78, 5) is 0. The molecule has 0 aliphatic carbocycles. The lowest BCUT2D eigenvalue weighted by Gasteiger charge is -2.16. The van der Waals surface area contributed by atoms with Crippen molar-refractivity contribution in [2.45, 2.75) is 83.7 Å². The molecule has 1 heterocycles. The zero-order chi connectivity index (χ0) is 14.1. The van der Waals surface area contributed by atoms with Crippen LogP contribution >= 0.6 is 0 Å². The summed E-state index contributed by atoms with van der Waals surface area (Å²) in [6.07, 6.45) is 13.4. The monoisotopic (exact) mass is 262 g/mol. The highest BCUT2D eigenvalue weighted by molar-refractivity contribution is 5.22. The minimum absolute atomic E-state index is 0.0574. The normalized spacial score (nSPS) is 24.5. The summed E-state index contributed by atoms with van der Waals surface area (Å²) in [6, 6.07) is 0. The molecule has 0 bridgehead atoms. The third-order valence-corrected chi connectivity index (χ3v) is 3.34. The van der Waals surface area contributed by atoms with Gasteiger partial charge in [0.05, 0.1) is 12.2 Å². The van der Waals surface area contributed by atoms with E-state index in [2.05, 4.69) is 24.7 Å². The van der Waals surface area contributed by atoms with E-state index in [1.165, 1.54) is 32.1 Å². The van der Waals surface area contributed by atoms with E-state index in [0.717, 1.165) is 6.42 Å². The molecule has 0 N–H and O–H groups in total. The highest BCUT2D eigenvalue weighted by Crippen LogP contribution is 2.32. The van der Waals surface area contributed by atoms with Crippen LogP contribution in [-0.2, 0) is 9.47 Å². The predicted octanol–water partition coefficient (Wildman–Crippen LogP) is 3.89. The second-order valence-corrected chi connectivity index (χ2v) is 5.57. The summed E-state index contributed by atoms with van der Waals surface area (Å²) in [7, 11) is 0. The topological polar surface area (TPSA) is 18.5 Å². The van der Waals surface area contributed by atoms with Gasteiger partial charge >= 0.3 is 0 Å². The fourth-order valence-electron chi connectivity index (χ4n) is 2.48. The van der Waals surface area contributed by atoms with Crippen LogP contribution in [0.1, 0.15) is 65.7 Å². The number of rotatable bonds is 7. The van der Waals surface area contributed by atoms with Crippen LogP contribution in [0.5, 0.6) is 0 Å². The lowest BCUT2D eigenvalue weighted by molar-refractivity contribution is -0.146. The average molecular weight is 262 g/mol. The summed E-state index contributed by atoms with van der Waals surface area (Å²) in [6.45, 7) is 6.16. The summed E-state index contributed by atoms with van der Waals surface area (Å²) >= 11 is 0. The van der Waals surface area contributed by atoms with Crippen LogP contribution < -0.4 is 0 Å². The first kappa shape index (κ1) is 16.1. The molecular formula is C17H26O2. The van der Waals surface area contributed by atoms with Crippen molar-refractivity contribution >= 4 is 0 Å². The molecule has 0 aromatic heterocycles. The van der Waals surface area contributed by atoms with E-state index < -0.39 is 5.79 Å². The molecule has 1 aliphatic heterocycles. The summed E-state index contributed by atoms with van der Waals surface area (Å²) < 4.78 is 11.8. The van der Waals surface area contributed by atoms with Crippen molar-refractivity contribution in [3.05, 3.63) is 0 Å². The molecular weight excluding hydrogens is 236 g/mol. The van der Waals surface area contributed by atoms with Crippen LogP contribution in [0, 0.1) is 24.2 Å². The molecule has 0 unspecified atom stereocenters. The molecule has 1 fully saturated rings. The van der Waals surface area contributed by atoms with Crippen molar-refractivity contribution in [1.29, 1.82) is 0 Å². The van der Waals surface area contributed by atoms with Gasteiger partial charge in [0, 0.05) is 6.42 Å². The van der Waals surface area contributed by atoms with Crippen LogP contribution in [0.15, 0.2) is 0 Å². The Bertz CT molecular complexity index is 354. The van der Waals surface area contributed by atoms with Crippen LogP contribution in [0.4, 0.5) is 0 Å². The van der Waals surface area contributed by atoms with E-state index in [0.29, 0.717) is 6.42 Å². The van der Waals surface area contributed by atoms with Gasteiger partial charge in [0.15, 0.2) is 5.79 Å². The maximum atomic E-state index is 5.96. The Kier molecular flexibility index (Phi) is 7.00. The Morgan fingerprint density at radius 3 is 2.42 bits per heavy atom. The van der Waals surface area contributed by atoms with Crippen molar-refractivity contribution < 1.29 is 9.47 Å². The van der Waals surface area contributed by atoms with Crippen molar-refractivity contribution in [3.8, 4) is 24.2 Å². The molecule has 0 amide bonds. The number of hydrogen-bond acceptors (Lipinski definition) is 2. The van der Waals surface area contributed by atoms with Crippen LogP contribution in [0.25, 0.3) is 0 Å². The summed E-state index contributed by atoms with van der Waals surface area (Å²) in [5, 5.41) is 0. The highest BCUT2D eigenvalue weighted by Gasteiger charge is 2.40. The van der Waals surface area contributed by atoms with Gasteiger partial charge in [-0.1, -0.05) is 44.9 Å². The SMILES string of the molecule is C#CC#CC[C@H]1OC(C)(C)O[C@@H]1CCCCCCC. The standard InChI is InChI=1S/C17H26O2/c1-5-7-9-10-12-14-16-15(13-11-8-6-2)18-17(3,4)19-16/h2,15-16H,5,7,9-10,12-14H2,1,3-4H3/t15-,16-/m1/s1. The quantitative estimate of drug-likeness (QED) is 0.512. The Balaban J connectivity index is 2.37. The minimum atomic E-state index is -0.490. The number of hydrogen-bond donors (Lipinski definition) is 0. The van der Waals surface area contributed by atoms with E-state index in [-0.39, 0.29) is 12.2 Å². The third-order valence-electron chi connectivity index (χ3n) is 3.34. The first-order valence-electron chi connectivity index (χ1n) is 7.38. The highest BCUT2D eigenvalue weighted by atomic mass is 16.7. The van der Waals surface area contributed by atoms with Gasteiger partial charge in [0.1, 0.15) is 0 Å². The molecule has 2 heteroatoms. The first-order valence-corrected chi connectivity index (χ1v) is 7.38. The third kappa shape index (κ3) is 6.15. The molecule has 1 aliphatic rings. The fourth-order valence-corrected chi connectivity index (χ4v) is 2.48. The Morgan fingerprint density at radius 1 is 1.05 bits per heavy atom. The predicted molar refractivity (Wildman–Crippen MR) is 78.4 cm³/mol. The number of unbranched alkanes of at least 4 members (excludes halogenated alkanes) is 4. The van der Waals surface area contributed by atoms with Gasteiger partial charge in [-0.3, -0.25) is 0 Å². The second kappa shape index (κ2) is 8.26. The molecule has 1 saturated heterocycles. The van der Waals surface area contributed by atoms with E-state index in [1.54, 1.807) is 0 Å². The molecule has 1 rings (SSSR count). The Hall–Kier alpha value is -0.960. The molecule has 2 nitrogen and oxygen atoms in total. The molecule has 2 atom stereocenters. The van der Waals surface area contributed by atoms with Crippen molar-refractivity contribution in [2.75, 3.05) is 0 Å². The average Bonchev–Trinajstić information content (AvgIpc) is 2.64. The zero-order valence-corrected chi connectivity index (χ0v) is 12.5. The van der Waals surface area contributed by atoms with Crippen LogP contribution in [-0.4, -0.2) is 18.0 Å². The van der Waals surface area contributed by atoms with Crippen molar-refractivity contribution in [1.82, 2.24) is 0 Å².